The van der Waals surface area contributed by atoms with Gasteiger partial charge in [-0.2, -0.15) is 4.98 Å². The summed E-state index contributed by atoms with van der Waals surface area (Å²) in [6, 6.07) is 0. The van der Waals surface area contributed by atoms with E-state index in [-0.39, 0.29) is 0 Å². The second-order valence-electron chi connectivity index (χ2n) is 3.31. The third-order valence-electron chi connectivity index (χ3n) is 2.22. The molecule has 0 radical (unpaired) electrons. The lowest BCUT2D eigenvalue weighted by molar-refractivity contribution is 0.0410. The summed E-state index contributed by atoms with van der Waals surface area (Å²) in [4.78, 5) is 6.41. The summed E-state index contributed by atoms with van der Waals surface area (Å²) in [5, 5.41) is 7.30. The smallest absolute Gasteiger partial charge is 0.216 e. The number of hydrogen-bond acceptors (Lipinski definition) is 6. The maximum absolute atomic E-state index is 5.42. The van der Waals surface area contributed by atoms with Crippen molar-refractivity contribution >= 4 is 17.7 Å². The van der Waals surface area contributed by atoms with Crippen LogP contribution in [0.15, 0.2) is 5.16 Å². The standard InChI is InChI=1S/C8H15N5OS/c9-7-10-8(12-11-7)15-6-3-13-1-4-14-5-2-13/h1-6H2,(H3,9,10,11,12). The van der Waals surface area contributed by atoms with Crippen molar-refractivity contribution in [2.45, 2.75) is 5.16 Å². The molecule has 0 bridgehead atoms. The van der Waals surface area contributed by atoms with E-state index in [1.807, 2.05) is 0 Å². The third kappa shape index (κ3) is 3.37. The van der Waals surface area contributed by atoms with Crippen LogP contribution in [0, 0.1) is 0 Å². The van der Waals surface area contributed by atoms with E-state index in [0.29, 0.717) is 5.95 Å². The van der Waals surface area contributed by atoms with Gasteiger partial charge in [0.25, 0.3) is 0 Å². The molecule has 1 saturated heterocycles. The van der Waals surface area contributed by atoms with Crippen molar-refractivity contribution < 1.29 is 4.74 Å². The van der Waals surface area contributed by atoms with Gasteiger partial charge in [0.1, 0.15) is 0 Å². The highest BCUT2D eigenvalue weighted by molar-refractivity contribution is 7.99. The first-order chi connectivity index (χ1) is 7.34. The van der Waals surface area contributed by atoms with Gasteiger partial charge in [-0.15, -0.1) is 5.10 Å². The molecule has 1 aliphatic rings. The summed E-state index contributed by atoms with van der Waals surface area (Å²) < 4.78 is 5.27. The number of nitrogens with zero attached hydrogens (tertiary/aromatic N) is 3. The zero-order valence-electron chi connectivity index (χ0n) is 8.48. The van der Waals surface area contributed by atoms with Crippen LogP contribution in [-0.2, 0) is 4.74 Å². The fourth-order valence-corrected chi connectivity index (χ4v) is 2.22. The van der Waals surface area contributed by atoms with E-state index < -0.39 is 0 Å². The minimum atomic E-state index is 0.379. The zero-order valence-corrected chi connectivity index (χ0v) is 9.29. The maximum Gasteiger partial charge on any atom is 0.216 e. The minimum absolute atomic E-state index is 0.379. The van der Waals surface area contributed by atoms with E-state index in [2.05, 4.69) is 20.1 Å². The molecule has 0 aliphatic carbocycles. The number of aromatic nitrogens is 3. The van der Waals surface area contributed by atoms with Crippen molar-refractivity contribution in [3.8, 4) is 0 Å². The van der Waals surface area contributed by atoms with Crippen LogP contribution < -0.4 is 5.73 Å². The molecular formula is C8H15N5OS. The van der Waals surface area contributed by atoms with Gasteiger partial charge >= 0.3 is 0 Å². The number of rotatable bonds is 4. The van der Waals surface area contributed by atoms with Crippen LogP contribution in [0.3, 0.4) is 0 Å². The normalized spacial score (nSPS) is 18.1. The highest BCUT2D eigenvalue weighted by atomic mass is 32.2. The third-order valence-corrected chi connectivity index (χ3v) is 3.05. The average molecular weight is 229 g/mol. The lowest BCUT2D eigenvalue weighted by Gasteiger charge is -2.25. The van der Waals surface area contributed by atoms with Gasteiger partial charge in [0.15, 0.2) is 0 Å². The van der Waals surface area contributed by atoms with Gasteiger partial charge in [-0.1, -0.05) is 11.8 Å². The van der Waals surface area contributed by atoms with Gasteiger partial charge in [0, 0.05) is 25.4 Å². The van der Waals surface area contributed by atoms with Gasteiger partial charge in [-0.25, -0.2) is 5.10 Å². The molecule has 15 heavy (non-hydrogen) atoms. The van der Waals surface area contributed by atoms with Crippen LogP contribution >= 0.6 is 11.8 Å². The molecule has 0 atom stereocenters. The molecule has 0 spiro atoms. The zero-order chi connectivity index (χ0) is 10.5. The lowest BCUT2D eigenvalue weighted by atomic mass is 10.4. The Morgan fingerprint density at radius 3 is 2.93 bits per heavy atom. The predicted molar refractivity (Wildman–Crippen MR) is 58.8 cm³/mol. The quantitative estimate of drug-likeness (QED) is 0.697. The van der Waals surface area contributed by atoms with E-state index in [1.165, 1.54) is 0 Å². The van der Waals surface area contributed by atoms with Crippen molar-refractivity contribution in [3.63, 3.8) is 0 Å². The largest absolute Gasteiger partial charge is 0.379 e. The Morgan fingerprint density at radius 2 is 2.27 bits per heavy atom. The molecular weight excluding hydrogens is 214 g/mol. The number of hydrogen-bond donors (Lipinski definition) is 2. The number of anilines is 1. The number of aromatic amines is 1. The van der Waals surface area contributed by atoms with Crippen molar-refractivity contribution in [1.29, 1.82) is 0 Å². The van der Waals surface area contributed by atoms with E-state index >= 15 is 0 Å². The molecule has 1 fully saturated rings. The van der Waals surface area contributed by atoms with Crippen molar-refractivity contribution in [1.82, 2.24) is 20.1 Å². The van der Waals surface area contributed by atoms with Crippen molar-refractivity contribution in [3.05, 3.63) is 0 Å². The molecule has 2 heterocycles. The fourth-order valence-electron chi connectivity index (χ4n) is 1.41. The molecule has 1 aromatic rings. The molecule has 1 aliphatic heterocycles. The number of H-pyrrole nitrogens is 1. The molecule has 3 N–H and O–H groups in total. The summed E-state index contributed by atoms with van der Waals surface area (Å²) >= 11 is 1.62. The van der Waals surface area contributed by atoms with Crippen LogP contribution in [-0.4, -0.2) is 58.7 Å². The summed E-state index contributed by atoms with van der Waals surface area (Å²) in [7, 11) is 0. The number of nitrogens with two attached hydrogens (primary N) is 1. The monoisotopic (exact) mass is 229 g/mol. The molecule has 0 amide bonds. The van der Waals surface area contributed by atoms with Gasteiger partial charge in [-0.3, -0.25) is 4.90 Å². The Bertz CT molecular complexity index is 299. The Balaban J connectivity index is 1.65. The van der Waals surface area contributed by atoms with Crippen molar-refractivity contribution in [2.24, 2.45) is 0 Å². The number of ether oxygens (including phenoxy) is 1. The topological polar surface area (TPSA) is 80.1 Å². The average Bonchev–Trinajstić information content (AvgIpc) is 2.66. The van der Waals surface area contributed by atoms with Gasteiger partial charge in [0.2, 0.25) is 11.1 Å². The van der Waals surface area contributed by atoms with Crippen LogP contribution in [0.5, 0.6) is 0 Å². The van der Waals surface area contributed by atoms with Gasteiger partial charge < -0.3 is 10.5 Å². The number of nitrogen functional groups attached to an aromatic ring is 1. The molecule has 1 aromatic heterocycles. The van der Waals surface area contributed by atoms with Crippen LogP contribution in [0.2, 0.25) is 0 Å². The van der Waals surface area contributed by atoms with E-state index in [4.69, 9.17) is 10.5 Å². The molecule has 6 nitrogen and oxygen atoms in total. The van der Waals surface area contributed by atoms with E-state index in [0.717, 1.165) is 43.8 Å². The van der Waals surface area contributed by atoms with E-state index in [1.54, 1.807) is 11.8 Å². The first-order valence-corrected chi connectivity index (χ1v) is 5.94. The number of thioether (sulfide) groups is 1. The molecule has 0 unspecified atom stereocenters. The van der Waals surface area contributed by atoms with E-state index in [9.17, 15) is 0 Å². The molecule has 84 valence electrons. The Morgan fingerprint density at radius 1 is 1.47 bits per heavy atom. The Hall–Kier alpha value is -0.790. The summed E-state index contributed by atoms with van der Waals surface area (Å²) in [6.07, 6.45) is 0. The second-order valence-corrected chi connectivity index (χ2v) is 4.37. The lowest BCUT2D eigenvalue weighted by Crippen LogP contribution is -2.37. The van der Waals surface area contributed by atoms with Crippen LogP contribution in [0.4, 0.5) is 5.95 Å². The summed E-state index contributed by atoms with van der Waals surface area (Å²) in [5.74, 6) is 1.36. The summed E-state index contributed by atoms with van der Waals surface area (Å²) in [5.41, 5.74) is 5.42. The van der Waals surface area contributed by atoms with Gasteiger partial charge in [-0.05, 0) is 0 Å². The van der Waals surface area contributed by atoms with Crippen molar-refractivity contribution in [2.75, 3.05) is 44.3 Å². The summed E-state index contributed by atoms with van der Waals surface area (Å²) in [6.45, 7) is 4.78. The fraction of sp³-hybridized carbons (Fsp3) is 0.750. The second kappa shape index (κ2) is 5.34. The van der Waals surface area contributed by atoms with Crippen LogP contribution in [0.1, 0.15) is 0 Å². The Labute approximate surface area is 92.6 Å². The highest BCUT2D eigenvalue weighted by Crippen LogP contribution is 2.12. The first kappa shape index (κ1) is 10.7. The number of morpholine rings is 1. The molecule has 0 saturated carbocycles. The minimum Gasteiger partial charge on any atom is -0.379 e. The van der Waals surface area contributed by atoms with Gasteiger partial charge in [0.05, 0.1) is 13.2 Å². The SMILES string of the molecule is Nc1nc(SCCN2CCOCC2)n[nH]1. The van der Waals surface area contributed by atoms with Crippen LogP contribution in [0.25, 0.3) is 0 Å². The first-order valence-electron chi connectivity index (χ1n) is 4.95. The predicted octanol–water partition coefficient (Wildman–Crippen LogP) is -0.189. The number of nitrogens with one attached hydrogen (secondary N) is 1. The highest BCUT2D eigenvalue weighted by Gasteiger charge is 2.10. The molecule has 0 aromatic carbocycles. The maximum atomic E-state index is 5.42. The Kier molecular flexibility index (Phi) is 3.81. The molecule has 7 heteroatoms. The molecule has 2 rings (SSSR count).